The summed E-state index contributed by atoms with van der Waals surface area (Å²) in [6, 6.07) is 13.1. The molecule has 1 atom stereocenters. The van der Waals surface area contributed by atoms with E-state index in [0.29, 0.717) is 0 Å². The molecule has 3 nitrogen and oxygen atoms in total. The highest BCUT2D eigenvalue weighted by Gasteiger charge is 2.28. The van der Waals surface area contributed by atoms with E-state index in [-0.39, 0.29) is 17.6 Å². The normalized spacial score (nSPS) is 16.8. The molecule has 1 heterocycles. The zero-order valence-corrected chi connectivity index (χ0v) is 11.9. The highest BCUT2D eigenvalue weighted by molar-refractivity contribution is 7.99. The van der Waals surface area contributed by atoms with Crippen molar-refractivity contribution in [1.29, 1.82) is 0 Å². The Balaban J connectivity index is 1.79. The minimum absolute atomic E-state index is 0.00698. The average molecular weight is 285 g/mol. The van der Waals surface area contributed by atoms with Gasteiger partial charge in [-0.1, -0.05) is 18.2 Å². The molecule has 0 radical (unpaired) electrons. The third kappa shape index (κ3) is 2.39. The minimum atomic E-state index is -0.106. The van der Waals surface area contributed by atoms with Gasteiger partial charge in [0.15, 0.2) is 0 Å². The first-order valence-electron chi connectivity index (χ1n) is 6.47. The number of hydrogen-bond donors (Lipinski definition) is 2. The lowest BCUT2D eigenvalue weighted by atomic mass is 10.0. The zero-order valence-electron chi connectivity index (χ0n) is 11.1. The minimum Gasteiger partial charge on any atom is -0.508 e. The van der Waals surface area contributed by atoms with Gasteiger partial charge in [0.2, 0.25) is 5.91 Å². The number of nitrogens with one attached hydrogen (secondary N) is 1. The van der Waals surface area contributed by atoms with Crippen molar-refractivity contribution in [3.8, 4) is 5.75 Å². The second kappa shape index (κ2) is 5.21. The summed E-state index contributed by atoms with van der Waals surface area (Å²) in [4.78, 5) is 13.6. The van der Waals surface area contributed by atoms with E-state index in [9.17, 15) is 9.90 Å². The fourth-order valence-corrected chi connectivity index (χ4v) is 3.57. The van der Waals surface area contributed by atoms with Crippen LogP contribution in [0.2, 0.25) is 0 Å². The summed E-state index contributed by atoms with van der Waals surface area (Å²) < 4.78 is 0. The van der Waals surface area contributed by atoms with Crippen LogP contribution in [-0.4, -0.2) is 16.8 Å². The van der Waals surface area contributed by atoms with Crippen LogP contribution in [-0.2, 0) is 4.79 Å². The lowest BCUT2D eigenvalue weighted by molar-refractivity contribution is -0.117. The van der Waals surface area contributed by atoms with Crippen LogP contribution in [0, 0.1) is 6.92 Å². The first-order valence-corrected chi connectivity index (χ1v) is 7.46. The van der Waals surface area contributed by atoms with Gasteiger partial charge in [0.25, 0.3) is 0 Å². The summed E-state index contributed by atoms with van der Waals surface area (Å²) in [5.74, 6) is 0.921. The summed E-state index contributed by atoms with van der Waals surface area (Å²) in [7, 11) is 0. The summed E-state index contributed by atoms with van der Waals surface area (Å²) in [5.41, 5.74) is 2.58. The van der Waals surface area contributed by atoms with Gasteiger partial charge in [0, 0.05) is 16.3 Å². The Bertz CT molecular complexity index is 669. The van der Waals surface area contributed by atoms with E-state index in [1.807, 2.05) is 25.1 Å². The lowest BCUT2D eigenvalue weighted by Crippen LogP contribution is -2.21. The molecule has 1 amide bonds. The van der Waals surface area contributed by atoms with Gasteiger partial charge >= 0.3 is 0 Å². The number of anilines is 1. The Hall–Kier alpha value is -1.94. The predicted octanol–water partition coefficient (Wildman–Crippen LogP) is 3.53. The molecule has 0 fully saturated rings. The first kappa shape index (κ1) is 13.1. The lowest BCUT2D eigenvalue weighted by Gasteiger charge is -2.12. The Labute approximate surface area is 122 Å². The number of aryl methyl sites for hydroxylation is 1. The van der Waals surface area contributed by atoms with Crippen LogP contribution >= 0.6 is 11.8 Å². The molecular formula is C16H15NO2S. The number of fused-ring (bicyclic) bond motifs is 1. The molecule has 0 saturated carbocycles. The number of aromatic hydroxyl groups is 1. The topological polar surface area (TPSA) is 49.3 Å². The summed E-state index contributed by atoms with van der Waals surface area (Å²) in [6.07, 6.45) is 0. The maximum absolute atomic E-state index is 12.4. The van der Waals surface area contributed by atoms with Gasteiger partial charge in [0.05, 0.1) is 5.92 Å². The zero-order chi connectivity index (χ0) is 14.1. The van der Waals surface area contributed by atoms with Gasteiger partial charge in [-0.3, -0.25) is 4.79 Å². The van der Waals surface area contributed by atoms with Crippen LogP contribution in [0.1, 0.15) is 17.0 Å². The molecule has 0 aliphatic carbocycles. The molecule has 102 valence electrons. The number of hydrogen-bond acceptors (Lipinski definition) is 3. The molecule has 2 aromatic carbocycles. The van der Waals surface area contributed by atoms with E-state index in [1.54, 1.807) is 30.0 Å². The average Bonchev–Trinajstić information content (AvgIpc) is 2.87. The highest BCUT2D eigenvalue weighted by Crippen LogP contribution is 2.39. The van der Waals surface area contributed by atoms with Crippen LogP contribution in [0.5, 0.6) is 5.75 Å². The molecule has 1 aliphatic rings. The Morgan fingerprint density at radius 2 is 2.10 bits per heavy atom. The van der Waals surface area contributed by atoms with E-state index in [1.165, 1.54) is 4.90 Å². The number of benzene rings is 2. The number of rotatable bonds is 2. The Morgan fingerprint density at radius 3 is 2.90 bits per heavy atom. The van der Waals surface area contributed by atoms with Gasteiger partial charge in [0.1, 0.15) is 5.75 Å². The summed E-state index contributed by atoms with van der Waals surface area (Å²) in [5, 5.41) is 12.4. The third-order valence-electron chi connectivity index (χ3n) is 3.48. The number of phenolic OH excluding ortho intramolecular Hbond substituents is 1. The molecule has 1 aliphatic heterocycles. The molecule has 1 unspecified atom stereocenters. The number of thioether (sulfide) groups is 1. The van der Waals surface area contributed by atoms with Gasteiger partial charge in [-0.2, -0.15) is 0 Å². The molecule has 3 rings (SSSR count). The largest absolute Gasteiger partial charge is 0.508 e. The van der Waals surface area contributed by atoms with Gasteiger partial charge in [-0.05, 0) is 42.3 Å². The second-order valence-corrected chi connectivity index (χ2v) is 5.95. The monoisotopic (exact) mass is 285 g/mol. The first-order chi connectivity index (χ1) is 9.65. The maximum atomic E-state index is 12.4. The van der Waals surface area contributed by atoms with Crippen molar-refractivity contribution in [2.75, 3.05) is 11.1 Å². The second-order valence-electron chi connectivity index (χ2n) is 4.89. The number of carbonyl (C=O) groups excluding carboxylic acids is 1. The molecular weight excluding hydrogens is 270 g/mol. The van der Waals surface area contributed by atoms with Crippen molar-refractivity contribution in [2.24, 2.45) is 0 Å². The summed E-state index contributed by atoms with van der Waals surface area (Å²) >= 11 is 1.72. The van der Waals surface area contributed by atoms with Gasteiger partial charge < -0.3 is 10.4 Å². The van der Waals surface area contributed by atoms with Crippen molar-refractivity contribution in [1.82, 2.24) is 0 Å². The van der Waals surface area contributed by atoms with Crippen LogP contribution in [0.4, 0.5) is 5.69 Å². The predicted molar refractivity (Wildman–Crippen MR) is 81.4 cm³/mol. The van der Waals surface area contributed by atoms with Crippen molar-refractivity contribution in [3.05, 3.63) is 53.6 Å². The van der Waals surface area contributed by atoms with E-state index in [2.05, 4.69) is 11.4 Å². The van der Waals surface area contributed by atoms with Gasteiger partial charge in [-0.25, -0.2) is 0 Å². The maximum Gasteiger partial charge on any atom is 0.232 e. The Morgan fingerprint density at radius 1 is 1.30 bits per heavy atom. The van der Waals surface area contributed by atoms with Gasteiger partial charge in [-0.15, -0.1) is 11.8 Å². The van der Waals surface area contributed by atoms with Crippen LogP contribution < -0.4 is 5.32 Å². The third-order valence-corrected chi connectivity index (χ3v) is 4.66. The van der Waals surface area contributed by atoms with Crippen molar-refractivity contribution >= 4 is 23.4 Å². The summed E-state index contributed by atoms with van der Waals surface area (Å²) in [6.45, 7) is 1.81. The van der Waals surface area contributed by atoms with Crippen molar-refractivity contribution < 1.29 is 9.90 Å². The Kier molecular flexibility index (Phi) is 3.40. The highest BCUT2D eigenvalue weighted by atomic mass is 32.2. The standard InChI is InChI=1S/C16H15NO2S/c1-10-8-11(6-7-14(10)18)17-16(19)13-9-20-15-5-3-2-4-12(13)15/h2-8,13,18H,9H2,1H3,(H,17,19). The molecule has 4 heteroatoms. The fourth-order valence-electron chi connectivity index (χ4n) is 2.34. The number of carbonyl (C=O) groups is 1. The number of amides is 1. The van der Waals surface area contributed by atoms with E-state index < -0.39 is 0 Å². The number of phenols is 1. The molecule has 0 aromatic heterocycles. The quantitative estimate of drug-likeness (QED) is 0.830. The van der Waals surface area contributed by atoms with E-state index in [4.69, 9.17) is 0 Å². The van der Waals surface area contributed by atoms with Crippen LogP contribution in [0.3, 0.4) is 0 Å². The molecule has 2 aromatic rings. The van der Waals surface area contributed by atoms with Crippen LogP contribution in [0.15, 0.2) is 47.4 Å². The van der Waals surface area contributed by atoms with E-state index in [0.717, 1.165) is 22.6 Å². The molecule has 20 heavy (non-hydrogen) atoms. The molecule has 0 saturated heterocycles. The van der Waals surface area contributed by atoms with E-state index >= 15 is 0 Å². The van der Waals surface area contributed by atoms with Crippen molar-refractivity contribution in [3.63, 3.8) is 0 Å². The van der Waals surface area contributed by atoms with Crippen LogP contribution in [0.25, 0.3) is 0 Å². The molecule has 0 spiro atoms. The SMILES string of the molecule is Cc1cc(NC(=O)C2CSc3ccccc32)ccc1O. The molecule has 0 bridgehead atoms. The smallest absolute Gasteiger partial charge is 0.232 e. The molecule has 2 N–H and O–H groups in total. The fraction of sp³-hybridized carbons (Fsp3) is 0.188. The van der Waals surface area contributed by atoms with Crippen molar-refractivity contribution in [2.45, 2.75) is 17.7 Å².